The summed E-state index contributed by atoms with van der Waals surface area (Å²) in [6, 6.07) is 10.2. The van der Waals surface area contributed by atoms with E-state index in [0.717, 1.165) is 26.9 Å². The minimum absolute atomic E-state index is 0.761. The lowest BCUT2D eigenvalue weighted by atomic mass is 10.2. The van der Waals surface area contributed by atoms with Crippen LogP contribution in [-0.2, 0) is 6.54 Å². The van der Waals surface area contributed by atoms with Crippen LogP contribution in [0, 0.1) is 6.92 Å². The zero-order chi connectivity index (χ0) is 12.3. The Kier molecular flexibility index (Phi) is 4.18. The second-order valence-corrected chi connectivity index (χ2v) is 5.53. The van der Waals surface area contributed by atoms with Crippen molar-refractivity contribution in [3.63, 3.8) is 0 Å². The maximum atomic E-state index is 4.35. The third kappa shape index (κ3) is 3.30. The van der Waals surface area contributed by atoms with Gasteiger partial charge in [0.2, 0.25) is 0 Å². The van der Waals surface area contributed by atoms with E-state index in [9.17, 15) is 0 Å². The van der Waals surface area contributed by atoms with Gasteiger partial charge in [-0.15, -0.1) is 0 Å². The molecule has 0 aliphatic carbocycles. The van der Waals surface area contributed by atoms with Crippen LogP contribution in [0.1, 0.15) is 11.1 Å². The van der Waals surface area contributed by atoms with Crippen molar-refractivity contribution >= 4 is 37.7 Å². The quantitative estimate of drug-likeness (QED) is 0.875. The van der Waals surface area contributed by atoms with Crippen molar-refractivity contribution in [3.8, 4) is 0 Å². The molecule has 0 spiro atoms. The number of aryl methyl sites for hydroxylation is 1. The predicted molar refractivity (Wildman–Crippen MR) is 78.1 cm³/mol. The summed E-state index contributed by atoms with van der Waals surface area (Å²) in [5, 5.41) is 3.34. The van der Waals surface area contributed by atoms with Gasteiger partial charge in [0, 0.05) is 21.7 Å². The van der Waals surface area contributed by atoms with Crippen LogP contribution in [-0.4, -0.2) is 4.98 Å². The highest BCUT2D eigenvalue weighted by molar-refractivity contribution is 9.10. The van der Waals surface area contributed by atoms with Crippen molar-refractivity contribution in [1.29, 1.82) is 0 Å². The molecule has 2 nitrogen and oxygen atoms in total. The molecule has 0 radical (unpaired) electrons. The van der Waals surface area contributed by atoms with Gasteiger partial charge >= 0.3 is 0 Å². The van der Waals surface area contributed by atoms with Crippen LogP contribution < -0.4 is 5.32 Å². The van der Waals surface area contributed by atoms with Gasteiger partial charge in [0.15, 0.2) is 0 Å². The van der Waals surface area contributed by atoms with E-state index in [-0.39, 0.29) is 0 Å². The Bertz CT molecular complexity index is 527. The van der Waals surface area contributed by atoms with Crippen molar-refractivity contribution in [2.45, 2.75) is 13.5 Å². The fourth-order valence-electron chi connectivity index (χ4n) is 1.55. The summed E-state index contributed by atoms with van der Waals surface area (Å²) in [6.45, 7) is 2.80. The number of anilines is 1. The van der Waals surface area contributed by atoms with Gasteiger partial charge in [-0.1, -0.05) is 34.1 Å². The molecular weight excluding hydrogens is 344 g/mol. The van der Waals surface area contributed by atoms with Crippen molar-refractivity contribution in [2.75, 3.05) is 5.32 Å². The van der Waals surface area contributed by atoms with E-state index in [1.165, 1.54) is 5.56 Å². The van der Waals surface area contributed by atoms with Crippen LogP contribution >= 0.6 is 31.9 Å². The minimum Gasteiger partial charge on any atom is -0.366 e. The van der Waals surface area contributed by atoms with E-state index >= 15 is 0 Å². The van der Waals surface area contributed by atoms with Gasteiger partial charge in [-0.3, -0.25) is 0 Å². The van der Waals surface area contributed by atoms with Gasteiger partial charge in [-0.2, -0.15) is 0 Å². The molecule has 0 aliphatic rings. The van der Waals surface area contributed by atoms with Gasteiger partial charge in [-0.25, -0.2) is 4.98 Å². The number of nitrogens with one attached hydrogen (secondary N) is 1. The molecule has 4 heteroatoms. The molecule has 1 N–H and O–H groups in total. The smallest absolute Gasteiger partial charge is 0.129 e. The van der Waals surface area contributed by atoms with E-state index in [4.69, 9.17) is 0 Å². The van der Waals surface area contributed by atoms with Crippen LogP contribution in [0.3, 0.4) is 0 Å². The first kappa shape index (κ1) is 12.6. The largest absolute Gasteiger partial charge is 0.366 e. The highest BCUT2D eigenvalue weighted by atomic mass is 79.9. The second kappa shape index (κ2) is 5.65. The summed E-state index contributed by atoms with van der Waals surface area (Å²) in [6.07, 6.45) is 1.80. The average Bonchev–Trinajstić information content (AvgIpc) is 2.30. The maximum absolute atomic E-state index is 4.35. The molecule has 0 aliphatic heterocycles. The van der Waals surface area contributed by atoms with Gasteiger partial charge in [0.25, 0.3) is 0 Å². The summed E-state index contributed by atoms with van der Waals surface area (Å²) in [4.78, 5) is 4.35. The lowest BCUT2D eigenvalue weighted by molar-refractivity contribution is 1.09. The fourth-order valence-corrected chi connectivity index (χ4v) is 2.42. The molecular formula is C13H12Br2N2. The Morgan fingerprint density at radius 2 is 2.00 bits per heavy atom. The van der Waals surface area contributed by atoms with Gasteiger partial charge in [0.1, 0.15) is 5.82 Å². The molecule has 1 aromatic carbocycles. The third-order valence-electron chi connectivity index (χ3n) is 2.45. The zero-order valence-corrected chi connectivity index (χ0v) is 12.5. The van der Waals surface area contributed by atoms with Crippen LogP contribution in [0.25, 0.3) is 0 Å². The summed E-state index contributed by atoms with van der Waals surface area (Å²) < 4.78 is 2.11. The number of hydrogen-bond donors (Lipinski definition) is 1. The molecule has 0 bridgehead atoms. The van der Waals surface area contributed by atoms with Crippen molar-refractivity contribution in [1.82, 2.24) is 4.98 Å². The Labute approximate surface area is 118 Å². The maximum Gasteiger partial charge on any atom is 0.129 e. The first-order chi connectivity index (χ1) is 8.16. The molecule has 0 saturated heterocycles. The fraction of sp³-hybridized carbons (Fsp3) is 0.154. The molecule has 17 heavy (non-hydrogen) atoms. The Morgan fingerprint density at radius 1 is 1.24 bits per heavy atom. The number of hydrogen-bond acceptors (Lipinski definition) is 2. The van der Waals surface area contributed by atoms with Crippen molar-refractivity contribution < 1.29 is 0 Å². The molecule has 0 unspecified atom stereocenters. The lowest BCUT2D eigenvalue weighted by Crippen LogP contribution is -2.03. The minimum atomic E-state index is 0.761. The SMILES string of the molecule is Cc1cc(Br)cnc1NCc1ccccc1Br. The Balaban J connectivity index is 2.10. The number of nitrogens with zero attached hydrogens (tertiary/aromatic N) is 1. The number of pyridine rings is 1. The monoisotopic (exact) mass is 354 g/mol. The molecule has 88 valence electrons. The normalized spacial score (nSPS) is 10.3. The number of rotatable bonds is 3. The van der Waals surface area contributed by atoms with E-state index in [1.807, 2.05) is 25.1 Å². The van der Waals surface area contributed by atoms with Crippen LogP contribution in [0.2, 0.25) is 0 Å². The lowest BCUT2D eigenvalue weighted by Gasteiger charge is -2.09. The van der Waals surface area contributed by atoms with Gasteiger partial charge in [0.05, 0.1) is 0 Å². The van der Waals surface area contributed by atoms with E-state index in [2.05, 4.69) is 54.3 Å². The molecule has 0 atom stereocenters. The molecule has 0 amide bonds. The van der Waals surface area contributed by atoms with Crippen molar-refractivity contribution in [3.05, 3.63) is 56.6 Å². The average molecular weight is 356 g/mol. The molecule has 1 heterocycles. The molecule has 2 aromatic rings. The van der Waals surface area contributed by atoms with Crippen LogP contribution in [0.15, 0.2) is 45.5 Å². The number of halogens is 2. The zero-order valence-electron chi connectivity index (χ0n) is 9.37. The van der Waals surface area contributed by atoms with E-state index in [1.54, 1.807) is 6.20 Å². The summed E-state index contributed by atoms with van der Waals surface area (Å²) in [5.74, 6) is 0.920. The first-order valence-electron chi connectivity index (χ1n) is 5.26. The summed E-state index contributed by atoms with van der Waals surface area (Å²) in [5.41, 5.74) is 2.35. The van der Waals surface area contributed by atoms with E-state index in [0.29, 0.717) is 0 Å². The van der Waals surface area contributed by atoms with Crippen molar-refractivity contribution in [2.24, 2.45) is 0 Å². The number of benzene rings is 1. The topological polar surface area (TPSA) is 24.9 Å². The summed E-state index contributed by atoms with van der Waals surface area (Å²) >= 11 is 6.94. The number of aromatic nitrogens is 1. The molecule has 2 rings (SSSR count). The van der Waals surface area contributed by atoms with Crippen LogP contribution in [0.4, 0.5) is 5.82 Å². The standard InChI is InChI=1S/C13H12Br2N2/c1-9-6-11(14)8-17-13(9)16-7-10-4-2-3-5-12(10)15/h2-6,8H,7H2,1H3,(H,16,17). The second-order valence-electron chi connectivity index (χ2n) is 3.76. The van der Waals surface area contributed by atoms with Gasteiger partial charge < -0.3 is 5.32 Å². The van der Waals surface area contributed by atoms with Gasteiger partial charge in [-0.05, 0) is 46.1 Å². The third-order valence-corrected chi connectivity index (χ3v) is 3.66. The molecule has 1 aromatic heterocycles. The molecule has 0 saturated carbocycles. The predicted octanol–water partition coefficient (Wildman–Crippen LogP) is 4.53. The Hall–Kier alpha value is -0.870. The highest BCUT2D eigenvalue weighted by Crippen LogP contribution is 2.20. The Morgan fingerprint density at radius 3 is 2.71 bits per heavy atom. The van der Waals surface area contributed by atoms with E-state index < -0.39 is 0 Å². The highest BCUT2D eigenvalue weighted by Gasteiger charge is 2.02. The first-order valence-corrected chi connectivity index (χ1v) is 6.85. The van der Waals surface area contributed by atoms with Crippen LogP contribution in [0.5, 0.6) is 0 Å². The summed E-state index contributed by atoms with van der Waals surface area (Å²) in [7, 11) is 0. The molecule has 0 fully saturated rings.